The minimum Gasteiger partial charge on any atom is -0.497 e. The average Bonchev–Trinajstić information content (AvgIpc) is 3.17. The average molecular weight is 406 g/mol. The molecule has 154 valence electrons. The van der Waals surface area contributed by atoms with Crippen molar-refractivity contribution < 1.29 is 27.5 Å². The summed E-state index contributed by atoms with van der Waals surface area (Å²) in [5, 5.41) is 7.85. The summed E-state index contributed by atoms with van der Waals surface area (Å²) >= 11 is 0. The number of halogens is 2. The van der Waals surface area contributed by atoms with Crippen molar-refractivity contribution in [2.45, 2.75) is 37.3 Å². The minimum atomic E-state index is -1.13. The van der Waals surface area contributed by atoms with E-state index in [0.29, 0.717) is 24.5 Å². The number of oxazole rings is 1. The van der Waals surface area contributed by atoms with Gasteiger partial charge in [-0.05, 0) is 19.8 Å². The molecule has 2 aliphatic rings. The van der Waals surface area contributed by atoms with Crippen LogP contribution < -0.4 is 20.7 Å². The van der Waals surface area contributed by atoms with Crippen LogP contribution in [0.3, 0.4) is 0 Å². The molecule has 29 heavy (non-hydrogen) atoms. The van der Waals surface area contributed by atoms with Crippen LogP contribution in [0.1, 0.15) is 36.0 Å². The molecule has 1 aromatic carbocycles. The lowest BCUT2D eigenvalue weighted by Gasteiger charge is -2.22. The number of amides is 3. The molecule has 2 atom stereocenters. The highest BCUT2D eigenvalue weighted by atomic mass is 19.1. The lowest BCUT2D eigenvalue weighted by Crippen LogP contribution is -2.50. The van der Waals surface area contributed by atoms with Gasteiger partial charge in [-0.25, -0.2) is 18.6 Å². The van der Waals surface area contributed by atoms with Gasteiger partial charge in [0.05, 0.1) is 13.3 Å². The first-order valence-corrected chi connectivity index (χ1v) is 9.15. The summed E-state index contributed by atoms with van der Waals surface area (Å²) in [5.74, 6) is -2.07. The number of carbonyl (C=O) groups is 2. The summed E-state index contributed by atoms with van der Waals surface area (Å²) in [5.41, 5.74) is -1.00. The van der Waals surface area contributed by atoms with Crippen LogP contribution in [0.25, 0.3) is 0 Å². The maximum atomic E-state index is 14.5. The van der Waals surface area contributed by atoms with E-state index in [-0.39, 0.29) is 17.9 Å². The fourth-order valence-corrected chi connectivity index (χ4v) is 3.58. The number of ether oxygens (including phenoxy) is 1. The molecule has 1 saturated carbocycles. The van der Waals surface area contributed by atoms with E-state index in [1.807, 2.05) is 0 Å². The smallest absolute Gasteiger partial charge is 0.316 e. The Morgan fingerprint density at radius 3 is 2.59 bits per heavy atom. The highest BCUT2D eigenvalue weighted by molar-refractivity contribution is 5.90. The monoisotopic (exact) mass is 406 g/mol. The Hall–Kier alpha value is -3.17. The molecule has 2 fully saturated rings. The Balaban J connectivity index is 1.52. The maximum absolute atomic E-state index is 14.5. The highest BCUT2D eigenvalue weighted by Crippen LogP contribution is 2.45. The van der Waals surface area contributed by atoms with E-state index in [4.69, 9.17) is 9.15 Å². The number of aryl methyl sites for hydroxylation is 1. The Labute approximate surface area is 165 Å². The van der Waals surface area contributed by atoms with Crippen molar-refractivity contribution in [3.05, 3.63) is 47.2 Å². The van der Waals surface area contributed by atoms with Gasteiger partial charge in [0.1, 0.15) is 34.7 Å². The van der Waals surface area contributed by atoms with Gasteiger partial charge in [0.25, 0.3) is 0 Å². The Morgan fingerprint density at radius 1 is 1.34 bits per heavy atom. The molecule has 2 aromatic rings. The number of benzene rings is 1. The van der Waals surface area contributed by atoms with Crippen LogP contribution in [0.5, 0.6) is 5.75 Å². The molecular weight excluding hydrogens is 386 g/mol. The van der Waals surface area contributed by atoms with Gasteiger partial charge in [0, 0.05) is 30.2 Å². The van der Waals surface area contributed by atoms with Gasteiger partial charge in [-0.15, -0.1) is 0 Å². The van der Waals surface area contributed by atoms with Crippen LogP contribution in [-0.2, 0) is 10.3 Å². The molecule has 8 nitrogen and oxygen atoms in total. The van der Waals surface area contributed by atoms with Crippen LogP contribution in [0.4, 0.5) is 13.6 Å². The summed E-state index contributed by atoms with van der Waals surface area (Å²) in [6.45, 7) is 1.74. The van der Waals surface area contributed by atoms with Gasteiger partial charge in [-0.2, -0.15) is 0 Å². The number of nitrogens with zero attached hydrogens (tertiary/aromatic N) is 1. The normalized spacial score (nSPS) is 22.1. The van der Waals surface area contributed by atoms with Gasteiger partial charge < -0.3 is 25.1 Å². The fourth-order valence-electron chi connectivity index (χ4n) is 3.58. The molecule has 2 heterocycles. The van der Waals surface area contributed by atoms with E-state index in [9.17, 15) is 18.4 Å². The lowest BCUT2D eigenvalue weighted by atomic mass is 9.93. The van der Waals surface area contributed by atoms with Gasteiger partial charge >= 0.3 is 6.03 Å². The van der Waals surface area contributed by atoms with E-state index >= 15 is 0 Å². The Kier molecular flexibility index (Phi) is 4.64. The zero-order valence-corrected chi connectivity index (χ0v) is 15.8. The second-order valence-electron chi connectivity index (χ2n) is 7.29. The van der Waals surface area contributed by atoms with Gasteiger partial charge in [0.2, 0.25) is 11.8 Å². The molecule has 1 aliphatic heterocycles. The predicted octanol–water partition coefficient (Wildman–Crippen LogP) is 1.84. The standard InChI is InChI=1S/C19H20F2N4O4/c1-9-7-23-17(29-9)19(3-4-19)25-18(27)24-15-11(8-22-16(15)26)14-12(20)5-10(28-2)6-13(14)21/h5-7,11,15H,3-4,8H2,1-2H3,(H,22,26)(H2,24,25,27)/t11-,15-/m0/s1. The molecule has 0 unspecified atom stereocenters. The molecule has 1 aromatic heterocycles. The van der Waals surface area contributed by atoms with E-state index in [1.165, 1.54) is 7.11 Å². The maximum Gasteiger partial charge on any atom is 0.316 e. The van der Waals surface area contributed by atoms with Crippen LogP contribution in [0.15, 0.2) is 22.7 Å². The highest BCUT2D eigenvalue weighted by Gasteiger charge is 2.51. The third-order valence-electron chi connectivity index (χ3n) is 5.26. The van der Waals surface area contributed by atoms with Crippen LogP contribution in [0.2, 0.25) is 0 Å². The number of hydrogen-bond acceptors (Lipinski definition) is 5. The largest absolute Gasteiger partial charge is 0.497 e. The second-order valence-corrected chi connectivity index (χ2v) is 7.29. The number of hydrogen-bond donors (Lipinski definition) is 3. The lowest BCUT2D eigenvalue weighted by molar-refractivity contribution is -0.120. The van der Waals surface area contributed by atoms with Crippen molar-refractivity contribution in [1.29, 1.82) is 0 Å². The summed E-state index contributed by atoms with van der Waals surface area (Å²) in [4.78, 5) is 28.9. The summed E-state index contributed by atoms with van der Waals surface area (Å²) in [7, 11) is 1.30. The van der Waals surface area contributed by atoms with Gasteiger partial charge in [-0.1, -0.05) is 0 Å². The first-order chi connectivity index (χ1) is 13.8. The molecule has 0 radical (unpaired) electrons. The Morgan fingerprint density at radius 2 is 2.03 bits per heavy atom. The van der Waals surface area contributed by atoms with E-state index in [0.717, 1.165) is 12.1 Å². The number of urea groups is 1. The molecule has 10 heteroatoms. The molecular formula is C19H20F2N4O4. The number of methoxy groups -OCH3 is 1. The molecule has 3 N–H and O–H groups in total. The molecule has 0 spiro atoms. The number of nitrogens with one attached hydrogen (secondary N) is 3. The number of carbonyl (C=O) groups excluding carboxylic acids is 2. The van der Waals surface area contributed by atoms with Crippen molar-refractivity contribution in [2.24, 2.45) is 0 Å². The van der Waals surface area contributed by atoms with E-state index < -0.39 is 41.1 Å². The summed E-state index contributed by atoms with van der Waals surface area (Å²) < 4.78 is 39.3. The third kappa shape index (κ3) is 3.50. The van der Waals surface area contributed by atoms with Crippen molar-refractivity contribution >= 4 is 11.9 Å². The van der Waals surface area contributed by atoms with Crippen molar-refractivity contribution in [2.75, 3.05) is 13.7 Å². The van der Waals surface area contributed by atoms with E-state index in [1.54, 1.807) is 13.1 Å². The molecule has 1 saturated heterocycles. The quantitative estimate of drug-likeness (QED) is 0.703. The summed E-state index contributed by atoms with van der Waals surface area (Å²) in [6, 6.07) is 0.319. The zero-order valence-electron chi connectivity index (χ0n) is 15.8. The first-order valence-electron chi connectivity index (χ1n) is 9.15. The number of aromatic nitrogens is 1. The second kappa shape index (κ2) is 7.02. The number of rotatable bonds is 5. The van der Waals surface area contributed by atoms with Crippen molar-refractivity contribution in [3.8, 4) is 5.75 Å². The molecule has 4 rings (SSSR count). The first kappa shape index (κ1) is 19.2. The van der Waals surface area contributed by atoms with Gasteiger partial charge in [0.15, 0.2) is 0 Å². The van der Waals surface area contributed by atoms with Crippen LogP contribution in [0, 0.1) is 18.6 Å². The minimum absolute atomic E-state index is 0.00593. The van der Waals surface area contributed by atoms with E-state index in [2.05, 4.69) is 20.9 Å². The SMILES string of the molecule is COc1cc(F)c([C@@H]2CNC(=O)[C@H]2NC(=O)NC2(c3ncc(C)o3)CC2)c(F)c1. The van der Waals surface area contributed by atoms with Crippen LogP contribution in [-0.4, -0.2) is 36.6 Å². The van der Waals surface area contributed by atoms with Crippen LogP contribution >= 0.6 is 0 Å². The van der Waals surface area contributed by atoms with Crippen molar-refractivity contribution in [1.82, 2.24) is 20.9 Å². The fraction of sp³-hybridized carbons (Fsp3) is 0.421. The Bertz CT molecular complexity index is 950. The summed E-state index contributed by atoms with van der Waals surface area (Å²) in [6.07, 6.45) is 2.84. The predicted molar refractivity (Wildman–Crippen MR) is 96.3 cm³/mol. The van der Waals surface area contributed by atoms with Crippen molar-refractivity contribution in [3.63, 3.8) is 0 Å². The molecule has 1 aliphatic carbocycles. The molecule has 0 bridgehead atoms. The van der Waals surface area contributed by atoms with Gasteiger partial charge in [-0.3, -0.25) is 4.79 Å². The third-order valence-corrected chi connectivity index (χ3v) is 5.26. The topological polar surface area (TPSA) is 105 Å². The zero-order chi connectivity index (χ0) is 20.8. The molecule has 3 amide bonds.